The summed E-state index contributed by atoms with van der Waals surface area (Å²) in [4.78, 5) is 0. The third-order valence-corrected chi connectivity index (χ3v) is 9.24. The summed E-state index contributed by atoms with van der Waals surface area (Å²) >= 11 is 0. The highest BCUT2D eigenvalue weighted by molar-refractivity contribution is 5.66. The summed E-state index contributed by atoms with van der Waals surface area (Å²) in [5.41, 5.74) is 0.822. The topological polar surface area (TPSA) is 9.23 Å². The third-order valence-electron chi connectivity index (χ3n) is 9.24. The van der Waals surface area contributed by atoms with Crippen molar-refractivity contribution < 1.29 is 22.3 Å². The number of fused-ring (bicyclic) bond motifs is 1. The average molecular weight is 553 g/mol. The lowest BCUT2D eigenvalue weighted by Crippen LogP contribution is -2.30. The van der Waals surface area contributed by atoms with E-state index in [0.29, 0.717) is 11.5 Å². The molecule has 4 atom stereocenters. The molecule has 3 aromatic carbocycles. The summed E-state index contributed by atoms with van der Waals surface area (Å²) in [6.07, 6.45) is 13.4. The Hall–Kier alpha value is -2.82. The fourth-order valence-electron chi connectivity index (χ4n) is 7.09. The van der Waals surface area contributed by atoms with Crippen LogP contribution in [-0.2, 0) is 6.61 Å². The Morgan fingerprint density at radius 1 is 0.725 bits per heavy atom. The molecule has 5 heteroatoms. The van der Waals surface area contributed by atoms with Gasteiger partial charge in [0.15, 0.2) is 17.4 Å². The van der Waals surface area contributed by atoms with Crippen molar-refractivity contribution in [2.45, 2.75) is 90.1 Å². The van der Waals surface area contributed by atoms with Crippen molar-refractivity contribution in [2.75, 3.05) is 0 Å². The van der Waals surface area contributed by atoms with E-state index in [4.69, 9.17) is 4.74 Å². The normalized spacial score (nSPS) is 22.6. The highest BCUT2D eigenvalue weighted by atomic mass is 19.1. The van der Waals surface area contributed by atoms with Crippen LogP contribution in [0.25, 0.3) is 11.1 Å². The molecule has 2 fully saturated rings. The molecule has 4 unspecified atom stereocenters. The van der Waals surface area contributed by atoms with Crippen LogP contribution in [0.1, 0.15) is 94.6 Å². The van der Waals surface area contributed by atoms with Crippen molar-refractivity contribution in [2.24, 2.45) is 17.8 Å². The van der Waals surface area contributed by atoms with Gasteiger partial charge < -0.3 is 4.74 Å². The van der Waals surface area contributed by atoms with E-state index in [2.05, 4.69) is 6.92 Å². The van der Waals surface area contributed by atoms with E-state index in [1.807, 2.05) is 6.07 Å². The van der Waals surface area contributed by atoms with E-state index >= 15 is 8.78 Å². The molecule has 0 aromatic heterocycles. The first-order valence-electron chi connectivity index (χ1n) is 15.1. The summed E-state index contributed by atoms with van der Waals surface area (Å²) in [6.45, 7) is 2.23. The molecular weight excluding hydrogens is 512 g/mol. The van der Waals surface area contributed by atoms with Gasteiger partial charge in [-0.25, -0.2) is 17.6 Å². The van der Waals surface area contributed by atoms with Crippen molar-refractivity contribution in [1.29, 1.82) is 0 Å². The fraction of sp³-hybridized carbons (Fsp3) is 0.486. The van der Waals surface area contributed by atoms with Gasteiger partial charge in [0.1, 0.15) is 18.2 Å². The number of benzene rings is 3. The van der Waals surface area contributed by atoms with Crippen molar-refractivity contribution in [3.63, 3.8) is 0 Å². The van der Waals surface area contributed by atoms with Crippen molar-refractivity contribution in [1.82, 2.24) is 0 Å². The quantitative estimate of drug-likeness (QED) is 0.180. The summed E-state index contributed by atoms with van der Waals surface area (Å²) in [5, 5.41) is 0. The van der Waals surface area contributed by atoms with Crippen LogP contribution >= 0.6 is 0 Å². The second kappa shape index (κ2) is 13.2. The van der Waals surface area contributed by atoms with Gasteiger partial charge in [-0.15, -0.1) is 0 Å². The van der Waals surface area contributed by atoms with Crippen LogP contribution in [0.15, 0.2) is 54.6 Å². The Balaban J connectivity index is 1.25. The van der Waals surface area contributed by atoms with Crippen LogP contribution in [0.2, 0.25) is 0 Å². The first-order valence-corrected chi connectivity index (χ1v) is 15.1. The molecule has 0 radical (unpaired) electrons. The Morgan fingerprint density at radius 3 is 2.10 bits per heavy atom. The molecule has 214 valence electrons. The summed E-state index contributed by atoms with van der Waals surface area (Å²) in [5.74, 6) is -1.83. The van der Waals surface area contributed by atoms with E-state index in [-0.39, 0.29) is 18.1 Å². The fourth-order valence-corrected chi connectivity index (χ4v) is 7.09. The van der Waals surface area contributed by atoms with Crippen LogP contribution in [0.3, 0.4) is 0 Å². The van der Waals surface area contributed by atoms with Crippen LogP contribution in [0, 0.1) is 41.0 Å². The van der Waals surface area contributed by atoms with Gasteiger partial charge in [0.2, 0.25) is 0 Å². The minimum Gasteiger partial charge on any atom is -0.483 e. The molecule has 3 aromatic rings. The molecule has 0 saturated heterocycles. The molecular formula is C35H40F4O. The van der Waals surface area contributed by atoms with Gasteiger partial charge in [-0.05, 0) is 96.7 Å². The monoisotopic (exact) mass is 552 g/mol. The van der Waals surface area contributed by atoms with E-state index in [9.17, 15) is 8.78 Å². The lowest BCUT2D eigenvalue weighted by Gasteiger charge is -2.42. The van der Waals surface area contributed by atoms with E-state index in [0.717, 1.165) is 48.8 Å². The van der Waals surface area contributed by atoms with Crippen molar-refractivity contribution >= 4 is 0 Å². The third kappa shape index (κ3) is 6.72. The molecule has 0 heterocycles. The Morgan fingerprint density at radius 2 is 1.40 bits per heavy atom. The lowest BCUT2D eigenvalue weighted by atomic mass is 9.63. The summed E-state index contributed by atoms with van der Waals surface area (Å²) in [6, 6.07) is 13.6. The average Bonchev–Trinajstić information content (AvgIpc) is 2.95. The smallest absolute Gasteiger partial charge is 0.191 e. The van der Waals surface area contributed by atoms with Gasteiger partial charge in [-0.3, -0.25) is 0 Å². The van der Waals surface area contributed by atoms with Gasteiger partial charge in [0, 0.05) is 0 Å². The zero-order valence-electron chi connectivity index (χ0n) is 23.4. The Bertz CT molecular complexity index is 1230. The van der Waals surface area contributed by atoms with Gasteiger partial charge in [-0.1, -0.05) is 75.8 Å². The summed E-state index contributed by atoms with van der Waals surface area (Å²) < 4.78 is 65.6. The SMILES string of the molecule is CCCCCCC1CCC2CC(c3cc(F)c(-c4cc(F)c(OCc5ccccc5)c(F)c4)c(F)c3)CCC2C1. The van der Waals surface area contributed by atoms with Gasteiger partial charge in [0.25, 0.3) is 0 Å². The first-order chi connectivity index (χ1) is 19.4. The van der Waals surface area contributed by atoms with Gasteiger partial charge in [0.05, 0.1) is 5.56 Å². The molecule has 0 aliphatic heterocycles. The zero-order valence-corrected chi connectivity index (χ0v) is 23.4. The number of halogens is 4. The molecule has 2 saturated carbocycles. The van der Waals surface area contributed by atoms with E-state index < -0.39 is 34.6 Å². The predicted molar refractivity (Wildman–Crippen MR) is 152 cm³/mol. The lowest BCUT2D eigenvalue weighted by molar-refractivity contribution is 0.113. The second-order valence-corrected chi connectivity index (χ2v) is 12.0. The van der Waals surface area contributed by atoms with Crippen LogP contribution in [0.4, 0.5) is 17.6 Å². The van der Waals surface area contributed by atoms with Crippen LogP contribution in [-0.4, -0.2) is 0 Å². The number of hydrogen-bond donors (Lipinski definition) is 0. The predicted octanol–water partition coefficient (Wildman–Crippen LogP) is 10.8. The maximum absolute atomic E-state index is 15.3. The highest BCUT2D eigenvalue weighted by Crippen LogP contribution is 2.49. The minimum absolute atomic E-state index is 0.0195. The zero-order chi connectivity index (χ0) is 28.1. The molecule has 2 aliphatic rings. The molecule has 40 heavy (non-hydrogen) atoms. The van der Waals surface area contributed by atoms with Gasteiger partial charge >= 0.3 is 0 Å². The summed E-state index contributed by atoms with van der Waals surface area (Å²) in [7, 11) is 0. The second-order valence-electron chi connectivity index (χ2n) is 12.0. The molecule has 1 nitrogen and oxygen atoms in total. The van der Waals surface area contributed by atoms with Crippen molar-refractivity contribution in [3.05, 3.63) is 89.0 Å². The van der Waals surface area contributed by atoms with Crippen LogP contribution in [0.5, 0.6) is 5.75 Å². The van der Waals surface area contributed by atoms with Crippen LogP contribution < -0.4 is 4.74 Å². The number of ether oxygens (including phenoxy) is 1. The van der Waals surface area contributed by atoms with Gasteiger partial charge in [-0.2, -0.15) is 0 Å². The molecule has 0 amide bonds. The maximum atomic E-state index is 15.3. The Kier molecular flexibility index (Phi) is 9.49. The van der Waals surface area contributed by atoms with E-state index in [1.54, 1.807) is 24.3 Å². The highest BCUT2D eigenvalue weighted by Gasteiger charge is 2.36. The number of rotatable bonds is 10. The molecule has 5 rings (SSSR count). The Labute approximate surface area is 236 Å². The number of hydrogen-bond acceptors (Lipinski definition) is 1. The molecule has 0 bridgehead atoms. The molecule has 0 N–H and O–H groups in total. The minimum atomic E-state index is -0.993. The molecule has 2 aliphatic carbocycles. The standard InChI is InChI=1S/C35H40F4O/c1-2-3-4-6-9-23-12-13-26-17-27(15-14-25(26)16-23)28-18-30(36)34(31(37)19-28)29-20-32(38)35(33(39)21-29)40-22-24-10-7-5-8-11-24/h5,7-8,10-11,18-21,23,25-27H,2-4,6,9,12-17,22H2,1H3. The van der Waals surface area contributed by atoms with Crippen molar-refractivity contribution in [3.8, 4) is 16.9 Å². The first kappa shape index (κ1) is 28.7. The largest absolute Gasteiger partial charge is 0.483 e. The number of unbranched alkanes of at least 4 members (excludes halogenated alkanes) is 3. The molecule has 0 spiro atoms. The van der Waals surface area contributed by atoms with E-state index in [1.165, 1.54) is 63.5 Å². The maximum Gasteiger partial charge on any atom is 0.191 e.